The fourth-order valence-corrected chi connectivity index (χ4v) is 10.6. The number of pyridine rings is 3. The number of aryl methyl sites for hydroxylation is 9. The van der Waals surface area contributed by atoms with E-state index in [9.17, 15) is 0 Å². The van der Waals surface area contributed by atoms with Crippen molar-refractivity contribution in [1.29, 1.82) is 0 Å². The van der Waals surface area contributed by atoms with Gasteiger partial charge in [0.2, 0.25) is 0 Å². The Bertz CT molecular complexity index is 3360. The van der Waals surface area contributed by atoms with Crippen LogP contribution in [0.2, 0.25) is 0 Å². The molecule has 0 aliphatic rings. The standard InChI is InChI=1S/C41H39N3.C14H14BrN.C12H12N2/c1-26-21-28(3)40(29(4)22-26)37-18-11-14-33(42-37)25-32-13-7-8-15-34(32)35-16-9-10-17-36(35)43-39-20-12-19-38(44-39)41-30(5)23-27(2)24-31(41)6;1-9-7-10(2)14(11(3)8-9)12-5-4-6-13(15)16-12;13-11-7-3-1-5-9(11)10-6-2-4-8-12(10)14/h7-24H,25H2,1-6H3,(H,43,44);4-8H,1-3H3;1-8H,13-14H2. The fraction of sp³-hybridized carbons (Fsp3) is 0.149. The number of hydrogen-bond acceptors (Lipinski definition) is 6. The topological polar surface area (TPSA) is 103 Å². The minimum Gasteiger partial charge on any atom is -0.398 e. The van der Waals surface area contributed by atoms with Gasteiger partial charge in [-0.2, -0.15) is 0 Å². The molecule has 0 aliphatic heterocycles. The fourth-order valence-electron chi connectivity index (χ4n) is 10.2. The molecule has 0 saturated carbocycles. The van der Waals surface area contributed by atoms with E-state index in [-0.39, 0.29) is 0 Å². The highest BCUT2D eigenvalue weighted by Gasteiger charge is 2.15. The van der Waals surface area contributed by atoms with Gasteiger partial charge in [-0.15, -0.1) is 0 Å². The minimum absolute atomic E-state index is 0.738. The van der Waals surface area contributed by atoms with Gasteiger partial charge in [-0.3, -0.25) is 4.98 Å². The van der Waals surface area contributed by atoms with Crippen molar-refractivity contribution in [2.24, 2.45) is 0 Å². The van der Waals surface area contributed by atoms with Gasteiger partial charge in [-0.05, 0) is 177 Å². The Balaban J connectivity index is 0.000000196. The number of anilines is 4. The van der Waals surface area contributed by atoms with Crippen LogP contribution in [0.5, 0.6) is 0 Å². The maximum absolute atomic E-state index is 5.87. The first-order valence-electron chi connectivity index (χ1n) is 25.1. The highest BCUT2D eigenvalue weighted by atomic mass is 79.9. The molecular weight excluding hydrogens is 969 g/mol. The largest absolute Gasteiger partial charge is 0.398 e. The number of nitrogens with one attached hydrogen (secondary N) is 1. The molecule has 10 aromatic rings. The third-order valence-corrected chi connectivity index (χ3v) is 13.6. The van der Waals surface area contributed by atoms with E-state index >= 15 is 0 Å². The highest BCUT2D eigenvalue weighted by Crippen LogP contribution is 2.36. The number of nitrogens with two attached hydrogens (primary N) is 2. The number of rotatable bonds is 9. The van der Waals surface area contributed by atoms with E-state index in [1.54, 1.807) is 0 Å². The Morgan fingerprint density at radius 3 is 1.26 bits per heavy atom. The first kappa shape index (κ1) is 52.2. The van der Waals surface area contributed by atoms with Crippen molar-refractivity contribution in [3.8, 4) is 56.0 Å². The molecule has 7 heteroatoms. The Morgan fingerprint density at radius 1 is 0.378 bits per heavy atom. The Hall–Kier alpha value is -8.13. The lowest BCUT2D eigenvalue weighted by atomic mass is 9.94. The maximum Gasteiger partial charge on any atom is 0.131 e. The van der Waals surface area contributed by atoms with Gasteiger partial charge in [0.15, 0.2) is 0 Å². The van der Waals surface area contributed by atoms with Crippen molar-refractivity contribution in [3.05, 3.63) is 254 Å². The van der Waals surface area contributed by atoms with Crippen molar-refractivity contribution >= 4 is 38.8 Å². The minimum atomic E-state index is 0.738. The molecule has 0 spiro atoms. The van der Waals surface area contributed by atoms with E-state index < -0.39 is 0 Å². The quantitative estimate of drug-likeness (QED) is 0.0983. The monoisotopic (exact) mass is 1030 g/mol. The predicted octanol–water partition coefficient (Wildman–Crippen LogP) is 17.6. The molecule has 3 aromatic heterocycles. The molecule has 0 radical (unpaired) electrons. The Labute approximate surface area is 446 Å². The van der Waals surface area contributed by atoms with Crippen molar-refractivity contribution in [2.45, 2.75) is 68.7 Å². The normalized spacial score (nSPS) is 10.7. The van der Waals surface area contributed by atoms with Crippen molar-refractivity contribution in [1.82, 2.24) is 15.0 Å². The van der Waals surface area contributed by atoms with Crippen LogP contribution in [0.15, 0.2) is 193 Å². The summed E-state index contributed by atoms with van der Waals surface area (Å²) in [7, 11) is 0. The Morgan fingerprint density at radius 2 is 0.770 bits per heavy atom. The molecule has 0 atom stereocenters. The van der Waals surface area contributed by atoms with E-state index in [0.717, 1.165) is 73.4 Å². The van der Waals surface area contributed by atoms with Crippen LogP contribution in [0.1, 0.15) is 61.3 Å². The van der Waals surface area contributed by atoms with Crippen molar-refractivity contribution in [3.63, 3.8) is 0 Å². The number of aromatic nitrogens is 3. The van der Waals surface area contributed by atoms with Crippen LogP contribution in [-0.2, 0) is 6.42 Å². The summed E-state index contributed by atoms with van der Waals surface area (Å²) in [5.41, 5.74) is 39.0. The number of nitrogen functional groups attached to an aromatic ring is 2. The molecule has 3 heterocycles. The summed E-state index contributed by atoms with van der Waals surface area (Å²) < 4.78 is 0.879. The molecule has 0 fully saturated rings. The van der Waals surface area contributed by atoms with Gasteiger partial charge < -0.3 is 16.8 Å². The zero-order valence-corrected chi connectivity index (χ0v) is 45.6. The first-order chi connectivity index (χ1) is 35.6. The summed E-state index contributed by atoms with van der Waals surface area (Å²) in [5, 5.41) is 3.64. The van der Waals surface area contributed by atoms with Gasteiger partial charge in [0, 0.05) is 62.6 Å². The van der Waals surface area contributed by atoms with Crippen LogP contribution in [0, 0.1) is 62.3 Å². The average Bonchev–Trinajstić information content (AvgIpc) is 3.35. The molecule has 74 heavy (non-hydrogen) atoms. The second kappa shape index (κ2) is 23.6. The van der Waals surface area contributed by atoms with Crippen LogP contribution in [0.4, 0.5) is 22.9 Å². The molecule has 0 saturated heterocycles. The summed E-state index contributed by atoms with van der Waals surface area (Å²) in [6.45, 7) is 19.4. The molecule has 7 aromatic carbocycles. The van der Waals surface area contributed by atoms with Crippen molar-refractivity contribution in [2.75, 3.05) is 16.8 Å². The highest BCUT2D eigenvalue weighted by molar-refractivity contribution is 9.10. The SMILES string of the molecule is Cc1cc(C)c(-c2cccc(Br)n2)c(C)c1.Cc1cc(C)c(-c2cccc(Cc3ccccc3-c3ccccc3Nc3cccc(-c4c(C)cc(C)cc4C)n3)n2)c(C)c1.Nc1ccccc1-c1ccccc1N. The number of hydrogen-bond donors (Lipinski definition) is 3. The van der Waals surface area contributed by atoms with Gasteiger partial charge in [0.05, 0.1) is 17.1 Å². The average molecular weight is 1030 g/mol. The predicted molar refractivity (Wildman–Crippen MR) is 318 cm³/mol. The summed E-state index contributed by atoms with van der Waals surface area (Å²) in [6, 6.07) is 64.5. The summed E-state index contributed by atoms with van der Waals surface area (Å²) in [6.07, 6.45) is 0.738. The van der Waals surface area contributed by atoms with E-state index in [2.05, 4.69) is 210 Å². The third-order valence-electron chi connectivity index (χ3n) is 13.2. The van der Waals surface area contributed by atoms with Gasteiger partial charge >= 0.3 is 0 Å². The molecule has 0 amide bonds. The zero-order chi connectivity index (χ0) is 52.5. The number of para-hydroxylation sites is 3. The van der Waals surface area contributed by atoms with Crippen LogP contribution < -0.4 is 16.8 Å². The van der Waals surface area contributed by atoms with E-state index in [1.165, 1.54) is 77.9 Å². The summed E-state index contributed by atoms with van der Waals surface area (Å²) >= 11 is 3.41. The van der Waals surface area contributed by atoms with Crippen LogP contribution >= 0.6 is 15.9 Å². The molecular formula is C67H65BrN6. The van der Waals surface area contributed by atoms with Crippen LogP contribution in [-0.4, -0.2) is 15.0 Å². The second-order valence-electron chi connectivity index (χ2n) is 19.3. The smallest absolute Gasteiger partial charge is 0.131 e. The molecule has 10 rings (SSSR count). The lowest BCUT2D eigenvalue weighted by Crippen LogP contribution is -2.01. The second-order valence-corrected chi connectivity index (χ2v) is 20.1. The molecule has 370 valence electrons. The summed E-state index contributed by atoms with van der Waals surface area (Å²) in [5.74, 6) is 0.824. The van der Waals surface area contributed by atoms with Gasteiger partial charge in [0.25, 0.3) is 0 Å². The van der Waals surface area contributed by atoms with Crippen LogP contribution in [0.25, 0.3) is 56.0 Å². The number of halogens is 1. The van der Waals surface area contributed by atoms with E-state index in [4.69, 9.17) is 21.4 Å². The van der Waals surface area contributed by atoms with Gasteiger partial charge in [-0.1, -0.05) is 150 Å². The maximum atomic E-state index is 5.87. The lowest BCUT2D eigenvalue weighted by Gasteiger charge is -2.17. The Kier molecular flexibility index (Phi) is 16.7. The van der Waals surface area contributed by atoms with E-state index in [1.807, 2.05) is 66.7 Å². The molecule has 6 nitrogen and oxygen atoms in total. The zero-order valence-electron chi connectivity index (χ0n) is 44.0. The van der Waals surface area contributed by atoms with Crippen molar-refractivity contribution < 1.29 is 0 Å². The lowest BCUT2D eigenvalue weighted by molar-refractivity contribution is 1.08. The third kappa shape index (κ3) is 12.5. The number of benzene rings is 7. The summed E-state index contributed by atoms with van der Waals surface area (Å²) in [4.78, 5) is 14.7. The molecule has 5 N–H and O–H groups in total. The van der Waals surface area contributed by atoms with Crippen LogP contribution in [0.3, 0.4) is 0 Å². The molecule has 0 bridgehead atoms. The molecule has 0 unspecified atom stereocenters. The van der Waals surface area contributed by atoms with Gasteiger partial charge in [0.1, 0.15) is 10.4 Å². The van der Waals surface area contributed by atoms with Gasteiger partial charge in [-0.25, -0.2) is 9.97 Å². The van der Waals surface area contributed by atoms with E-state index in [0.29, 0.717) is 0 Å². The number of nitrogens with zero attached hydrogens (tertiary/aromatic N) is 3. The molecule has 0 aliphatic carbocycles. The first-order valence-corrected chi connectivity index (χ1v) is 25.9.